The second kappa shape index (κ2) is 6.79. The number of hydrogen-bond donors (Lipinski definition) is 1. The molecule has 1 rings (SSSR count). The van der Waals surface area contributed by atoms with Crippen molar-refractivity contribution in [2.75, 3.05) is 13.2 Å². The third-order valence-electron chi connectivity index (χ3n) is 2.89. The first-order valence-corrected chi connectivity index (χ1v) is 6.96. The van der Waals surface area contributed by atoms with E-state index in [2.05, 4.69) is 58.1 Å². The molecule has 0 aliphatic rings. The maximum Gasteiger partial charge on any atom is 0.123 e. The molecular formula is C16H27NO. The van der Waals surface area contributed by atoms with E-state index in [1.165, 1.54) is 11.1 Å². The summed E-state index contributed by atoms with van der Waals surface area (Å²) in [5, 5.41) is 3.37. The number of rotatable bonds is 6. The van der Waals surface area contributed by atoms with Crippen LogP contribution in [0.1, 0.15) is 52.2 Å². The van der Waals surface area contributed by atoms with E-state index in [9.17, 15) is 0 Å². The maximum atomic E-state index is 5.85. The van der Waals surface area contributed by atoms with Crippen molar-refractivity contribution in [1.29, 1.82) is 0 Å². The van der Waals surface area contributed by atoms with Crippen LogP contribution in [0.25, 0.3) is 0 Å². The van der Waals surface area contributed by atoms with Crippen molar-refractivity contribution in [3.63, 3.8) is 0 Å². The molecule has 0 radical (unpaired) electrons. The molecule has 0 atom stereocenters. The van der Waals surface area contributed by atoms with Gasteiger partial charge in [0.1, 0.15) is 5.75 Å². The molecule has 0 saturated carbocycles. The van der Waals surface area contributed by atoms with Crippen LogP contribution in [-0.2, 0) is 12.0 Å². The molecule has 0 unspecified atom stereocenters. The van der Waals surface area contributed by atoms with Gasteiger partial charge in [-0.1, -0.05) is 46.8 Å². The van der Waals surface area contributed by atoms with Crippen molar-refractivity contribution < 1.29 is 4.74 Å². The van der Waals surface area contributed by atoms with Crippen LogP contribution in [0.2, 0.25) is 0 Å². The summed E-state index contributed by atoms with van der Waals surface area (Å²) in [6, 6.07) is 6.54. The SMILES string of the molecule is CCCOc1ccc(CNCC)cc1C(C)(C)C. The summed E-state index contributed by atoms with van der Waals surface area (Å²) in [5.74, 6) is 1.03. The van der Waals surface area contributed by atoms with Gasteiger partial charge in [-0.3, -0.25) is 0 Å². The zero-order chi connectivity index (χ0) is 13.6. The fraction of sp³-hybridized carbons (Fsp3) is 0.625. The Morgan fingerprint density at radius 2 is 1.89 bits per heavy atom. The van der Waals surface area contributed by atoms with Gasteiger partial charge in [0.25, 0.3) is 0 Å². The second-order valence-electron chi connectivity index (χ2n) is 5.71. The minimum Gasteiger partial charge on any atom is -0.493 e. The Morgan fingerprint density at radius 1 is 1.17 bits per heavy atom. The molecule has 0 fully saturated rings. The summed E-state index contributed by atoms with van der Waals surface area (Å²) in [6.07, 6.45) is 1.04. The van der Waals surface area contributed by atoms with Crippen LogP contribution < -0.4 is 10.1 Å². The highest BCUT2D eigenvalue weighted by atomic mass is 16.5. The lowest BCUT2D eigenvalue weighted by molar-refractivity contribution is 0.308. The Balaban J connectivity index is 2.97. The topological polar surface area (TPSA) is 21.3 Å². The molecule has 0 spiro atoms. The normalized spacial score (nSPS) is 11.6. The first-order valence-electron chi connectivity index (χ1n) is 6.96. The summed E-state index contributed by atoms with van der Waals surface area (Å²) in [4.78, 5) is 0. The van der Waals surface area contributed by atoms with Gasteiger partial charge in [-0.05, 0) is 35.6 Å². The molecule has 2 nitrogen and oxygen atoms in total. The van der Waals surface area contributed by atoms with E-state index in [1.807, 2.05) is 0 Å². The first-order chi connectivity index (χ1) is 8.49. The van der Waals surface area contributed by atoms with Crippen molar-refractivity contribution >= 4 is 0 Å². The summed E-state index contributed by atoms with van der Waals surface area (Å²) in [5.41, 5.74) is 2.74. The Morgan fingerprint density at radius 3 is 2.44 bits per heavy atom. The lowest BCUT2D eigenvalue weighted by Crippen LogP contribution is -2.16. The number of nitrogens with one attached hydrogen (secondary N) is 1. The molecule has 0 aliphatic heterocycles. The standard InChI is InChI=1S/C16H27NO/c1-6-10-18-15-9-8-13(12-17-7-2)11-14(15)16(3,4)5/h8-9,11,17H,6-7,10,12H2,1-5H3. The van der Waals surface area contributed by atoms with Gasteiger partial charge in [0.05, 0.1) is 6.61 Å². The highest BCUT2D eigenvalue weighted by Crippen LogP contribution is 2.32. The van der Waals surface area contributed by atoms with E-state index >= 15 is 0 Å². The molecule has 18 heavy (non-hydrogen) atoms. The van der Waals surface area contributed by atoms with Crippen LogP contribution in [0.5, 0.6) is 5.75 Å². The van der Waals surface area contributed by atoms with Crippen molar-refractivity contribution in [3.05, 3.63) is 29.3 Å². The quantitative estimate of drug-likeness (QED) is 0.826. The highest BCUT2D eigenvalue weighted by molar-refractivity contribution is 5.41. The van der Waals surface area contributed by atoms with Gasteiger partial charge >= 0.3 is 0 Å². The van der Waals surface area contributed by atoms with Gasteiger partial charge in [0, 0.05) is 6.54 Å². The summed E-state index contributed by atoms with van der Waals surface area (Å²) in [7, 11) is 0. The average molecular weight is 249 g/mol. The van der Waals surface area contributed by atoms with Gasteiger partial charge in [0.15, 0.2) is 0 Å². The third kappa shape index (κ3) is 4.34. The van der Waals surface area contributed by atoms with E-state index in [0.717, 1.165) is 31.9 Å². The Bertz CT molecular complexity index is 366. The van der Waals surface area contributed by atoms with Gasteiger partial charge < -0.3 is 10.1 Å². The zero-order valence-corrected chi connectivity index (χ0v) is 12.5. The van der Waals surface area contributed by atoms with Crippen molar-refractivity contribution in [2.24, 2.45) is 0 Å². The minimum atomic E-state index is 0.116. The van der Waals surface area contributed by atoms with E-state index in [4.69, 9.17) is 4.74 Å². The summed E-state index contributed by atoms with van der Waals surface area (Å²) in [6.45, 7) is 13.7. The molecule has 102 valence electrons. The molecule has 0 aliphatic carbocycles. The fourth-order valence-corrected chi connectivity index (χ4v) is 1.88. The number of ether oxygens (including phenoxy) is 1. The molecular weight excluding hydrogens is 222 g/mol. The van der Waals surface area contributed by atoms with Crippen LogP contribution in [0.15, 0.2) is 18.2 Å². The van der Waals surface area contributed by atoms with Gasteiger partial charge in [-0.25, -0.2) is 0 Å². The van der Waals surface area contributed by atoms with Crippen LogP contribution in [0.3, 0.4) is 0 Å². The van der Waals surface area contributed by atoms with Crippen LogP contribution in [-0.4, -0.2) is 13.2 Å². The predicted molar refractivity (Wildman–Crippen MR) is 78.3 cm³/mol. The van der Waals surface area contributed by atoms with Gasteiger partial charge in [0.2, 0.25) is 0 Å². The molecule has 0 heterocycles. The fourth-order valence-electron chi connectivity index (χ4n) is 1.88. The van der Waals surface area contributed by atoms with Gasteiger partial charge in [-0.15, -0.1) is 0 Å². The monoisotopic (exact) mass is 249 g/mol. The van der Waals surface area contributed by atoms with Crippen LogP contribution in [0.4, 0.5) is 0 Å². The van der Waals surface area contributed by atoms with E-state index < -0.39 is 0 Å². The van der Waals surface area contributed by atoms with Crippen molar-refractivity contribution in [1.82, 2.24) is 5.32 Å². The molecule has 0 amide bonds. The summed E-state index contributed by atoms with van der Waals surface area (Å²) >= 11 is 0. The predicted octanol–water partition coefficient (Wildman–Crippen LogP) is 3.88. The Kier molecular flexibility index (Phi) is 5.67. The molecule has 1 aromatic carbocycles. The average Bonchev–Trinajstić information content (AvgIpc) is 2.33. The van der Waals surface area contributed by atoms with Gasteiger partial charge in [-0.2, -0.15) is 0 Å². The highest BCUT2D eigenvalue weighted by Gasteiger charge is 2.19. The third-order valence-corrected chi connectivity index (χ3v) is 2.89. The maximum absolute atomic E-state index is 5.85. The van der Waals surface area contributed by atoms with Crippen LogP contribution in [0, 0.1) is 0 Å². The lowest BCUT2D eigenvalue weighted by atomic mass is 9.85. The Labute approximate surface area is 112 Å². The first kappa shape index (κ1) is 15.0. The number of hydrogen-bond acceptors (Lipinski definition) is 2. The molecule has 0 bridgehead atoms. The van der Waals surface area contributed by atoms with Crippen molar-refractivity contribution in [2.45, 2.75) is 53.0 Å². The Hall–Kier alpha value is -1.02. The smallest absolute Gasteiger partial charge is 0.123 e. The molecule has 0 saturated heterocycles. The zero-order valence-electron chi connectivity index (χ0n) is 12.5. The largest absolute Gasteiger partial charge is 0.493 e. The second-order valence-corrected chi connectivity index (χ2v) is 5.71. The van der Waals surface area contributed by atoms with E-state index in [-0.39, 0.29) is 5.41 Å². The lowest BCUT2D eigenvalue weighted by Gasteiger charge is -2.23. The van der Waals surface area contributed by atoms with E-state index in [0.29, 0.717) is 0 Å². The van der Waals surface area contributed by atoms with Crippen molar-refractivity contribution in [3.8, 4) is 5.75 Å². The molecule has 1 N–H and O–H groups in total. The van der Waals surface area contributed by atoms with E-state index in [1.54, 1.807) is 0 Å². The van der Waals surface area contributed by atoms with Crippen LogP contribution >= 0.6 is 0 Å². The molecule has 2 heteroatoms. The minimum absolute atomic E-state index is 0.116. The molecule has 1 aromatic rings. The summed E-state index contributed by atoms with van der Waals surface area (Å²) < 4.78 is 5.85. The number of benzene rings is 1. The molecule has 0 aromatic heterocycles.